The van der Waals surface area contributed by atoms with Crippen LogP contribution in [-0.2, 0) is 20.7 Å². The number of benzene rings is 1. The first-order valence-electron chi connectivity index (χ1n) is 6.75. The fourth-order valence-electron chi connectivity index (χ4n) is 2.19. The Morgan fingerprint density at radius 3 is 2.95 bits per heavy atom. The predicted molar refractivity (Wildman–Crippen MR) is 78.0 cm³/mol. The van der Waals surface area contributed by atoms with E-state index in [1.807, 2.05) is 6.07 Å². The van der Waals surface area contributed by atoms with Gasteiger partial charge in [0.05, 0.1) is 12.9 Å². The molecule has 5 nitrogen and oxygen atoms in total. The standard InChI is InChI=1S/C15H16N2O3S/c1-10-4-3-5-11(8-10)21-9-12-16-13(20-17-12)15(6-7-15)14(18)19-2/h3-5,8H,6-7,9H2,1-2H3. The van der Waals surface area contributed by atoms with Crippen molar-refractivity contribution in [1.82, 2.24) is 10.1 Å². The zero-order valence-corrected chi connectivity index (χ0v) is 12.8. The van der Waals surface area contributed by atoms with Gasteiger partial charge in [0, 0.05) is 4.90 Å². The zero-order valence-electron chi connectivity index (χ0n) is 12.0. The summed E-state index contributed by atoms with van der Waals surface area (Å²) in [6.45, 7) is 2.06. The number of carbonyl (C=O) groups is 1. The summed E-state index contributed by atoms with van der Waals surface area (Å²) in [5.74, 6) is 1.31. The lowest BCUT2D eigenvalue weighted by molar-refractivity contribution is -0.144. The molecule has 0 N–H and O–H groups in total. The molecule has 110 valence electrons. The molecule has 1 fully saturated rings. The van der Waals surface area contributed by atoms with Crippen LogP contribution in [0.25, 0.3) is 0 Å². The molecular weight excluding hydrogens is 288 g/mol. The molecular formula is C15H16N2O3S. The molecule has 3 rings (SSSR count). The van der Waals surface area contributed by atoms with Crippen molar-refractivity contribution in [2.75, 3.05) is 7.11 Å². The molecule has 1 heterocycles. The Balaban J connectivity index is 1.67. The third-order valence-corrected chi connectivity index (χ3v) is 4.55. The number of rotatable bonds is 5. The summed E-state index contributed by atoms with van der Waals surface area (Å²) in [5.41, 5.74) is 0.532. The van der Waals surface area contributed by atoms with Crippen molar-refractivity contribution in [3.8, 4) is 0 Å². The van der Waals surface area contributed by atoms with Crippen LogP contribution in [0, 0.1) is 6.92 Å². The minimum atomic E-state index is -0.687. The molecule has 0 radical (unpaired) electrons. The fourth-order valence-corrected chi connectivity index (χ4v) is 3.04. The maximum absolute atomic E-state index is 11.8. The Morgan fingerprint density at radius 2 is 2.29 bits per heavy atom. The van der Waals surface area contributed by atoms with Crippen molar-refractivity contribution in [1.29, 1.82) is 0 Å². The molecule has 1 aliphatic rings. The van der Waals surface area contributed by atoms with Crippen LogP contribution in [0.2, 0.25) is 0 Å². The van der Waals surface area contributed by atoms with Crippen LogP contribution >= 0.6 is 11.8 Å². The Labute approximate surface area is 127 Å². The van der Waals surface area contributed by atoms with Gasteiger partial charge in [-0.15, -0.1) is 11.8 Å². The van der Waals surface area contributed by atoms with Crippen LogP contribution in [0.1, 0.15) is 30.1 Å². The van der Waals surface area contributed by atoms with Crippen LogP contribution in [0.3, 0.4) is 0 Å². The molecule has 0 saturated heterocycles. The van der Waals surface area contributed by atoms with Crippen LogP contribution in [0.4, 0.5) is 0 Å². The van der Waals surface area contributed by atoms with E-state index in [4.69, 9.17) is 9.26 Å². The summed E-state index contributed by atoms with van der Waals surface area (Å²) in [7, 11) is 1.38. The Hall–Kier alpha value is -1.82. The Kier molecular flexibility index (Phi) is 3.71. The summed E-state index contributed by atoms with van der Waals surface area (Å²) < 4.78 is 10.1. The van der Waals surface area contributed by atoms with Gasteiger partial charge in [-0.1, -0.05) is 22.9 Å². The molecule has 21 heavy (non-hydrogen) atoms. The maximum atomic E-state index is 11.8. The summed E-state index contributed by atoms with van der Waals surface area (Å²) in [6.07, 6.45) is 1.43. The molecule has 6 heteroatoms. The average molecular weight is 304 g/mol. The molecule has 0 bridgehead atoms. The SMILES string of the molecule is COC(=O)C1(c2nc(CSc3cccc(C)c3)no2)CC1. The smallest absolute Gasteiger partial charge is 0.321 e. The highest BCUT2D eigenvalue weighted by Crippen LogP contribution is 2.48. The Bertz CT molecular complexity index is 664. The van der Waals surface area contributed by atoms with Crippen molar-refractivity contribution in [3.63, 3.8) is 0 Å². The van der Waals surface area contributed by atoms with Gasteiger partial charge in [-0.3, -0.25) is 4.79 Å². The van der Waals surface area contributed by atoms with E-state index in [1.54, 1.807) is 11.8 Å². The monoisotopic (exact) mass is 304 g/mol. The van der Waals surface area contributed by atoms with Crippen molar-refractivity contribution < 1.29 is 14.1 Å². The third-order valence-electron chi connectivity index (χ3n) is 3.56. The lowest BCUT2D eigenvalue weighted by Crippen LogP contribution is -2.22. The van der Waals surface area contributed by atoms with Crippen LogP contribution in [-0.4, -0.2) is 23.2 Å². The molecule has 0 unspecified atom stereocenters. The fraction of sp³-hybridized carbons (Fsp3) is 0.400. The van der Waals surface area contributed by atoms with Gasteiger partial charge in [-0.25, -0.2) is 0 Å². The van der Waals surface area contributed by atoms with Gasteiger partial charge in [-0.2, -0.15) is 4.98 Å². The van der Waals surface area contributed by atoms with Crippen molar-refractivity contribution >= 4 is 17.7 Å². The molecule has 1 aliphatic carbocycles. The van der Waals surface area contributed by atoms with E-state index >= 15 is 0 Å². The number of nitrogens with zero attached hydrogens (tertiary/aromatic N) is 2. The highest BCUT2D eigenvalue weighted by molar-refractivity contribution is 7.98. The van der Waals surface area contributed by atoms with E-state index in [0.29, 0.717) is 30.3 Å². The number of carbonyl (C=O) groups excluding carboxylic acids is 1. The first-order chi connectivity index (χ1) is 10.1. The summed E-state index contributed by atoms with van der Waals surface area (Å²) in [4.78, 5) is 17.3. The highest BCUT2D eigenvalue weighted by Gasteiger charge is 2.57. The maximum Gasteiger partial charge on any atom is 0.321 e. The summed E-state index contributed by atoms with van der Waals surface area (Å²) in [6, 6.07) is 8.25. The number of aryl methyl sites for hydroxylation is 1. The first kappa shape index (κ1) is 14.1. The topological polar surface area (TPSA) is 65.2 Å². The lowest BCUT2D eigenvalue weighted by atomic mass is 10.1. The number of hydrogen-bond donors (Lipinski definition) is 0. The van der Waals surface area contributed by atoms with Crippen LogP contribution in [0.5, 0.6) is 0 Å². The highest BCUT2D eigenvalue weighted by atomic mass is 32.2. The van der Waals surface area contributed by atoms with Gasteiger partial charge in [0.25, 0.3) is 0 Å². The molecule has 0 spiro atoms. The molecule has 0 amide bonds. The van der Waals surface area contributed by atoms with E-state index < -0.39 is 5.41 Å². The quantitative estimate of drug-likeness (QED) is 0.625. The van der Waals surface area contributed by atoms with Crippen molar-refractivity contribution in [2.24, 2.45) is 0 Å². The van der Waals surface area contributed by atoms with E-state index in [-0.39, 0.29) is 5.97 Å². The van der Waals surface area contributed by atoms with E-state index in [0.717, 1.165) is 4.90 Å². The van der Waals surface area contributed by atoms with Gasteiger partial charge in [0.1, 0.15) is 5.41 Å². The Morgan fingerprint density at radius 1 is 1.48 bits per heavy atom. The van der Waals surface area contributed by atoms with Crippen LogP contribution < -0.4 is 0 Å². The van der Waals surface area contributed by atoms with Crippen LogP contribution in [0.15, 0.2) is 33.7 Å². The minimum absolute atomic E-state index is 0.288. The average Bonchev–Trinajstić information content (AvgIpc) is 3.16. The number of hydrogen-bond acceptors (Lipinski definition) is 6. The number of methoxy groups -OCH3 is 1. The van der Waals surface area contributed by atoms with Gasteiger partial charge >= 0.3 is 5.97 Å². The molecule has 1 aromatic heterocycles. The normalized spacial score (nSPS) is 15.7. The summed E-state index contributed by atoms with van der Waals surface area (Å²) in [5, 5.41) is 3.96. The van der Waals surface area contributed by atoms with E-state index in [1.165, 1.54) is 12.7 Å². The number of aromatic nitrogens is 2. The van der Waals surface area contributed by atoms with Gasteiger partial charge in [0.15, 0.2) is 5.82 Å². The molecule has 0 aliphatic heterocycles. The zero-order chi connectivity index (χ0) is 14.9. The van der Waals surface area contributed by atoms with E-state index in [9.17, 15) is 4.79 Å². The molecule has 0 atom stereocenters. The summed E-state index contributed by atoms with van der Waals surface area (Å²) >= 11 is 1.65. The molecule has 1 saturated carbocycles. The second-order valence-electron chi connectivity index (χ2n) is 5.19. The predicted octanol–water partition coefficient (Wildman–Crippen LogP) is 2.87. The number of ether oxygens (including phenoxy) is 1. The van der Waals surface area contributed by atoms with Gasteiger partial charge in [-0.05, 0) is 31.9 Å². The second kappa shape index (κ2) is 5.52. The largest absolute Gasteiger partial charge is 0.468 e. The molecule has 1 aromatic carbocycles. The van der Waals surface area contributed by atoms with Gasteiger partial charge in [0.2, 0.25) is 5.89 Å². The second-order valence-corrected chi connectivity index (χ2v) is 6.24. The third kappa shape index (κ3) is 2.81. The first-order valence-corrected chi connectivity index (χ1v) is 7.73. The van der Waals surface area contributed by atoms with E-state index in [2.05, 4.69) is 35.3 Å². The number of thioether (sulfide) groups is 1. The lowest BCUT2D eigenvalue weighted by Gasteiger charge is -2.05. The molecule has 2 aromatic rings. The minimum Gasteiger partial charge on any atom is -0.468 e. The number of esters is 1. The van der Waals surface area contributed by atoms with Crippen molar-refractivity contribution in [2.45, 2.75) is 35.8 Å². The van der Waals surface area contributed by atoms with Crippen molar-refractivity contribution in [3.05, 3.63) is 41.5 Å². The van der Waals surface area contributed by atoms with Gasteiger partial charge < -0.3 is 9.26 Å².